The van der Waals surface area contributed by atoms with Crippen LogP contribution in [0.5, 0.6) is 5.75 Å². The molecule has 1 aliphatic rings. The van der Waals surface area contributed by atoms with E-state index in [1.165, 1.54) is 0 Å². The van der Waals surface area contributed by atoms with Gasteiger partial charge >= 0.3 is 0 Å². The summed E-state index contributed by atoms with van der Waals surface area (Å²) in [7, 11) is 1.65. The second-order valence-corrected chi connectivity index (χ2v) is 7.55. The van der Waals surface area contributed by atoms with Gasteiger partial charge in [-0.25, -0.2) is 0 Å². The Morgan fingerprint density at radius 1 is 1.08 bits per heavy atom. The van der Waals surface area contributed by atoms with Crippen molar-refractivity contribution in [1.82, 2.24) is 9.80 Å². The van der Waals surface area contributed by atoms with E-state index in [9.17, 15) is 9.59 Å². The number of ether oxygens (including phenoxy) is 1. The molecule has 1 saturated heterocycles. The fourth-order valence-electron chi connectivity index (χ4n) is 3.20. The standard InChI is InChI=1S/C20H30N2O3/c1-6-18(23)21-10-7-11-22(13-12-21)19(24)15-8-9-17(25-5)16(14-15)20(2,3)4/h8-9,14H,6-7,10-13H2,1-5H3. The fourth-order valence-corrected chi connectivity index (χ4v) is 3.20. The van der Waals surface area contributed by atoms with Gasteiger partial charge in [-0.3, -0.25) is 9.59 Å². The van der Waals surface area contributed by atoms with Crippen LogP contribution >= 0.6 is 0 Å². The van der Waals surface area contributed by atoms with Gasteiger partial charge in [0.25, 0.3) is 5.91 Å². The first-order valence-corrected chi connectivity index (χ1v) is 9.03. The highest BCUT2D eigenvalue weighted by Crippen LogP contribution is 2.32. The molecule has 5 heteroatoms. The van der Waals surface area contributed by atoms with Crippen LogP contribution in [-0.4, -0.2) is 54.9 Å². The number of hydrogen-bond acceptors (Lipinski definition) is 3. The van der Waals surface area contributed by atoms with Crippen molar-refractivity contribution in [3.05, 3.63) is 29.3 Å². The van der Waals surface area contributed by atoms with E-state index in [0.717, 1.165) is 24.3 Å². The summed E-state index contributed by atoms with van der Waals surface area (Å²) in [5.74, 6) is 0.993. The Morgan fingerprint density at radius 2 is 1.72 bits per heavy atom. The van der Waals surface area contributed by atoms with Gasteiger partial charge in [0.15, 0.2) is 0 Å². The summed E-state index contributed by atoms with van der Waals surface area (Å²) in [5, 5.41) is 0. The summed E-state index contributed by atoms with van der Waals surface area (Å²) < 4.78 is 5.46. The molecule has 2 rings (SSSR count). The average Bonchev–Trinajstić information content (AvgIpc) is 2.85. The zero-order chi connectivity index (χ0) is 18.6. The Morgan fingerprint density at radius 3 is 2.32 bits per heavy atom. The maximum absolute atomic E-state index is 13.0. The molecular formula is C20H30N2O3. The number of carbonyl (C=O) groups is 2. The van der Waals surface area contributed by atoms with Crippen molar-refractivity contribution in [1.29, 1.82) is 0 Å². The van der Waals surface area contributed by atoms with Crippen LogP contribution < -0.4 is 4.74 Å². The summed E-state index contributed by atoms with van der Waals surface area (Å²) in [4.78, 5) is 28.6. The Hall–Kier alpha value is -2.04. The quantitative estimate of drug-likeness (QED) is 0.845. The molecule has 0 N–H and O–H groups in total. The highest BCUT2D eigenvalue weighted by Gasteiger charge is 2.25. The largest absolute Gasteiger partial charge is 0.496 e. The lowest BCUT2D eigenvalue weighted by Crippen LogP contribution is -2.37. The topological polar surface area (TPSA) is 49.9 Å². The predicted octanol–water partition coefficient (Wildman–Crippen LogP) is 3.08. The van der Waals surface area contributed by atoms with Gasteiger partial charge < -0.3 is 14.5 Å². The van der Waals surface area contributed by atoms with E-state index in [-0.39, 0.29) is 17.2 Å². The van der Waals surface area contributed by atoms with E-state index in [4.69, 9.17) is 4.74 Å². The van der Waals surface area contributed by atoms with Crippen LogP contribution in [0.1, 0.15) is 56.5 Å². The molecular weight excluding hydrogens is 316 g/mol. The number of methoxy groups -OCH3 is 1. The Bertz CT molecular complexity index is 634. The minimum atomic E-state index is -0.106. The molecule has 0 spiro atoms. The second kappa shape index (κ2) is 7.89. The molecule has 0 saturated carbocycles. The van der Waals surface area contributed by atoms with E-state index in [1.807, 2.05) is 34.9 Å². The molecule has 1 aromatic rings. The zero-order valence-electron chi connectivity index (χ0n) is 16.1. The van der Waals surface area contributed by atoms with Gasteiger partial charge in [0.1, 0.15) is 5.75 Å². The minimum Gasteiger partial charge on any atom is -0.496 e. The van der Waals surface area contributed by atoms with Crippen molar-refractivity contribution >= 4 is 11.8 Å². The fraction of sp³-hybridized carbons (Fsp3) is 0.600. The summed E-state index contributed by atoms with van der Waals surface area (Å²) in [6.45, 7) is 10.8. The van der Waals surface area contributed by atoms with Gasteiger partial charge in [-0.2, -0.15) is 0 Å². The van der Waals surface area contributed by atoms with Crippen molar-refractivity contribution in [3.63, 3.8) is 0 Å². The Labute approximate surface area is 150 Å². The lowest BCUT2D eigenvalue weighted by molar-refractivity contribution is -0.130. The monoisotopic (exact) mass is 346 g/mol. The molecule has 1 fully saturated rings. The lowest BCUT2D eigenvalue weighted by atomic mass is 9.85. The van der Waals surface area contributed by atoms with Crippen molar-refractivity contribution < 1.29 is 14.3 Å². The zero-order valence-corrected chi connectivity index (χ0v) is 16.1. The van der Waals surface area contributed by atoms with Gasteiger partial charge in [-0.15, -0.1) is 0 Å². The summed E-state index contributed by atoms with van der Waals surface area (Å²) >= 11 is 0. The Balaban J connectivity index is 2.19. The van der Waals surface area contributed by atoms with Crippen LogP contribution in [0.15, 0.2) is 18.2 Å². The average molecular weight is 346 g/mol. The van der Waals surface area contributed by atoms with E-state index in [0.29, 0.717) is 31.6 Å². The third-order valence-electron chi connectivity index (χ3n) is 4.69. The number of carbonyl (C=O) groups excluding carboxylic acids is 2. The van der Waals surface area contributed by atoms with Crippen molar-refractivity contribution in [2.75, 3.05) is 33.3 Å². The SMILES string of the molecule is CCC(=O)N1CCCN(C(=O)c2ccc(OC)c(C(C)(C)C)c2)CC1. The second-order valence-electron chi connectivity index (χ2n) is 7.55. The van der Waals surface area contributed by atoms with E-state index >= 15 is 0 Å². The summed E-state index contributed by atoms with van der Waals surface area (Å²) in [5.41, 5.74) is 1.60. The molecule has 1 aliphatic heterocycles. The molecule has 1 heterocycles. The predicted molar refractivity (Wildman–Crippen MR) is 99.1 cm³/mol. The van der Waals surface area contributed by atoms with Crippen molar-refractivity contribution in [2.24, 2.45) is 0 Å². The van der Waals surface area contributed by atoms with Gasteiger partial charge in [0, 0.05) is 43.7 Å². The van der Waals surface area contributed by atoms with Crippen LogP contribution in [0, 0.1) is 0 Å². The molecule has 25 heavy (non-hydrogen) atoms. The molecule has 0 bridgehead atoms. The third kappa shape index (κ3) is 4.53. The minimum absolute atomic E-state index is 0.0268. The molecule has 0 aromatic heterocycles. The van der Waals surface area contributed by atoms with Crippen molar-refractivity contribution in [3.8, 4) is 5.75 Å². The molecule has 0 atom stereocenters. The maximum atomic E-state index is 13.0. The summed E-state index contributed by atoms with van der Waals surface area (Å²) in [6.07, 6.45) is 1.33. The van der Waals surface area contributed by atoms with E-state index in [1.54, 1.807) is 7.11 Å². The summed E-state index contributed by atoms with van der Waals surface area (Å²) in [6, 6.07) is 5.65. The smallest absolute Gasteiger partial charge is 0.253 e. The number of rotatable bonds is 3. The highest BCUT2D eigenvalue weighted by molar-refractivity contribution is 5.94. The third-order valence-corrected chi connectivity index (χ3v) is 4.69. The van der Waals surface area contributed by atoms with Gasteiger partial charge in [-0.1, -0.05) is 27.7 Å². The number of nitrogens with zero attached hydrogens (tertiary/aromatic N) is 2. The molecule has 0 radical (unpaired) electrons. The van der Waals surface area contributed by atoms with E-state index < -0.39 is 0 Å². The Kier molecular flexibility index (Phi) is 6.09. The van der Waals surface area contributed by atoms with Crippen LogP contribution in [0.4, 0.5) is 0 Å². The van der Waals surface area contributed by atoms with Crippen LogP contribution in [0.2, 0.25) is 0 Å². The van der Waals surface area contributed by atoms with E-state index in [2.05, 4.69) is 20.8 Å². The normalized spacial score (nSPS) is 15.7. The molecule has 5 nitrogen and oxygen atoms in total. The van der Waals surface area contributed by atoms with Crippen molar-refractivity contribution in [2.45, 2.75) is 46.0 Å². The van der Waals surface area contributed by atoms with Crippen LogP contribution in [0.25, 0.3) is 0 Å². The maximum Gasteiger partial charge on any atom is 0.253 e. The highest BCUT2D eigenvalue weighted by atomic mass is 16.5. The molecule has 0 aliphatic carbocycles. The first-order valence-electron chi connectivity index (χ1n) is 9.03. The molecule has 1 aromatic carbocycles. The van der Waals surface area contributed by atoms with Crippen LogP contribution in [-0.2, 0) is 10.2 Å². The molecule has 0 unspecified atom stereocenters. The van der Waals surface area contributed by atoms with Gasteiger partial charge in [0.05, 0.1) is 7.11 Å². The lowest BCUT2D eigenvalue weighted by Gasteiger charge is -2.25. The van der Waals surface area contributed by atoms with Gasteiger partial charge in [0.2, 0.25) is 5.91 Å². The first-order chi connectivity index (χ1) is 11.8. The van der Waals surface area contributed by atoms with Gasteiger partial charge in [-0.05, 0) is 30.0 Å². The number of hydrogen-bond donors (Lipinski definition) is 0. The number of benzene rings is 1. The molecule has 2 amide bonds. The number of amides is 2. The van der Waals surface area contributed by atoms with Crippen LogP contribution in [0.3, 0.4) is 0 Å². The first kappa shape index (κ1) is 19.3. The molecule has 138 valence electrons.